The van der Waals surface area contributed by atoms with Crippen molar-refractivity contribution in [1.82, 2.24) is 0 Å². The molecule has 1 aromatic carbocycles. The Balaban J connectivity index is 2.79. The van der Waals surface area contributed by atoms with Crippen molar-refractivity contribution in [2.75, 3.05) is 33.0 Å². The second-order valence-corrected chi connectivity index (χ2v) is 10.8. The summed E-state index contributed by atoms with van der Waals surface area (Å²) in [6.45, 7) is 3.32. The summed E-state index contributed by atoms with van der Waals surface area (Å²) in [5, 5.41) is 0. The molecular formula is C26H34BrF3O9. The summed E-state index contributed by atoms with van der Waals surface area (Å²) in [6.07, 6.45) is -6.58. The predicted octanol–water partition coefficient (Wildman–Crippen LogP) is 5.69. The summed E-state index contributed by atoms with van der Waals surface area (Å²) < 4.78 is 62.1. The van der Waals surface area contributed by atoms with Gasteiger partial charge in [-0.1, -0.05) is 46.3 Å². The number of carbonyl (C=O) groups is 4. The zero-order valence-electron chi connectivity index (χ0n) is 22.3. The second-order valence-electron chi connectivity index (χ2n) is 9.68. The van der Waals surface area contributed by atoms with Gasteiger partial charge in [-0.3, -0.25) is 14.4 Å². The van der Waals surface area contributed by atoms with Crippen molar-refractivity contribution in [3.8, 4) is 0 Å². The van der Waals surface area contributed by atoms with E-state index >= 15 is 0 Å². The summed E-state index contributed by atoms with van der Waals surface area (Å²) >= 11 is 3.56. The van der Waals surface area contributed by atoms with Gasteiger partial charge < -0.3 is 23.7 Å². The molecule has 9 nitrogen and oxygen atoms in total. The minimum Gasteiger partial charge on any atom is -0.466 e. The Morgan fingerprint density at radius 2 is 1.41 bits per heavy atom. The number of halogens is 4. The van der Waals surface area contributed by atoms with Crippen molar-refractivity contribution < 1.29 is 56.0 Å². The first kappa shape index (κ1) is 34.2. The van der Waals surface area contributed by atoms with Crippen molar-refractivity contribution in [3.05, 3.63) is 35.9 Å². The van der Waals surface area contributed by atoms with Crippen LogP contribution in [-0.2, 0) is 38.1 Å². The molecule has 13 heteroatoms. The molecule has 0 aromatic heterocycles. The lowest BCUT2D eigenvalue weighted by Gasteiger charge is -2.30. The number of hydrogen-bond acceptors (Lipinski definition) is 9. The maximum absolute atomic E-state index is 12.9. The molecule has 1 aromatic rings. The number of hydrogen-bond donors (Lipinski definition) is 0. The zero-order chi connectivity index (χ0) is 29.7. The molecule has 0 bridgehead atoms. The first-order chi connectivity index (χ1) is 18.1. The molecule has 220 valence electrons. The Bertz CT molecular complexity index is 954. The Morgan fingerprint density at radius 3 is 2.00 bits per heavy atom. The third-order valence-electron chi connectivity index (χ3n) is 5.36. The molecule has 39 heavy (non-hydrogen) atoms. The molecule has 0 saturated heterocycles. The molecule has 0 aliphatic heterocycles. The van der Waals surface area contributed by atoms with Crippen molar-refractivity contribution in [2.45, 2.75) is 58.0 Å². The van der Waals surface area contributed by atoms with Crippen LogP contribution < -0.4 is 0 Å². The maximum Gasteiger partial charge on any atom is 0.508 e. The Morgan fingerprint density at radius 1 is 0.821 bits per heavy atom. The Labute approximate surface area is 233 Å². The first-order valence-corrected chi connectivity index (χ1v) is 13.0. The van der Waals surface area contributed by atoms with Crippen LogP contribution in [0, 0.1) is 10.8 Å². The van der Waals surface area contributed by atoms with E-state index in [0.29, 0.717) is 6.42 Å². The zero-order valence-corrected chi connectivity index (χ0v) is 23.9. The highest BCUT2D eigenvalue weighted by atomic mass is 79.9. The van der Waals surface area contributed by atoms with Gasteiger partial charge in [0.15, 0.2) is 0 Å². The lowest BCUT2D eigenvalue weighted by Crippen LogP contribution is -2.42. The van der Waals surface area contributed by atoms with Gasteiger partial charge in [-0.25, -0.2) is 4.79 Å². The molecular weight excluding hydrogens is 593 g/mol. The number of rotatable bonds is 15. The Hall–Kier alpha value is -2.83. The van der Waals surface area contributed by atoms with Crippen molar-refractivity contribution in [2.24, 2.45) is 10.8 Å². The van der Waals surface area contributed by atoms with Crippen LogP contribution in [0.25, 0.3) is 0 Å². The quantitative estimate of drug-likeness (QED) is 0.105. The van der Waals surface area contributed by atoms with Gasteiger partial charge in [-0.05, 0) is 32.8 Å². The monoisotopic (exact) mass is 626 g/mol. The Kier molecular flexibility index (Phi) is 13.8. The molecule has 1 rings (SSSR count). The largest absolute Gasteiger partial charge is 0.508 e. The normalized spacial score (nSPS) is 13.9. The predicted molar refractivity (Wildman–Crippen MR) is 136 cm³/mol. The highest BCUT2D eigenvalue weighted by Gasteiger charge is 2.41. The first-order valence-electron chi connectivity index (χ1n) is 12.1. The minimum atomic E-state index is -4.55. The molecule has 0 aliphatic rings. The maximum atomic E-state index is 12.9. The highest BCUT2D eigenvalue weighted by molar-refractivity contribution is 9.09. The SMILES string of the molecule is CC(=O)OCCCOC(=O)OCC(C)(COC(=O)C(C)(C)CC(Br)c1ccccc1)C(=O)OCCC(F)(F)F. The lowest BCUT2D eigenvalue weighted by molar-refractivity contribution is -0.175. The van der Waals surface area contributed by atoms with Gasteiger partial charge in [0.25, 0.3) is 0 Å². The van der Waals surface area contributed by atoms with Crippen LogP contribution in [0.2, 0.25) is 0 Å². The molecule has 0 saturated carbocycles. The summed E-state index contributed by atoms with van der Waals surface area (Å²) in [4.78, 5) is 48.1. The third kappa shape index (κ3) is 13.7. The van der Waals surface area contributed by atoms with Crippen LogP contribution in [0.3, 0.4) is 0 Å². The summed E-state index contributed by atoms with van der Waals surface area (Å²) in [5.74, 6) is -2.32. The van der Waals surface area contributed by atoms with E-state index in [2.05, 4.69) is 15.9 Å². The molecule has 0 amide bonds. The van der Waals surface area contributed by atoms with E-state index in [4.69, 9.17) is 23.7 Å². The smallest absolute Gasteiger partial charge is 0.466 e. The van der Waals surface area contributed by atoms with E-state index in [-0.39, 0.29) is 24.5 Å². The van der Waals surface area contributed by atoms with Crippen molar-refractivity contribution >= 4 is 40.0 Å². The van der Waals surface area contributed by atoms with Gasteiger partial charge in [0, 0.05) is 18.2 Å². The summed E-state index contributed by atoms with van der Waals surface area (Å²) in [5.41, 5.74) is -1.90. The molecule has 0 heterocycles. The lowest BCUT2D eigenvalue weighted by atomic mass is 9.86. The summed E-state index contributed by atoms with van der Waals surface area (Å²) in [7, 11) is 0. The van der Waals surface area contributed by atoms with Gasteiger partial charge in [-0.2, -0.15) is 13.2 Å². The summed E-state index contributed by atoms with van der Waals surface area (Å²) in [6, 6.07) is 9.35. The van der Waals surface area contributed by atoms with Crippen LogP contribution >= 0.6 is 15.9 Å². The fourth-order valence-electron chi connectivity index (χ4n) is 3.01. The van der Waals surface area contributed by atoms with E-state index in [0.717, 1.165) is 5.56 Å². The van der Waals surface area contributed by atoms with Crippen LogP contribution in [0.5, 0.6) is 0 Å². The van der Waals surface area contributed by atoms with Crippen molar-refractivity contribution in [1.29, 1.82) is 0 Å². The van der Waals surface area contributed by atoms with Gasteiger partial charge in [-0.15, -0.1) is 0 Å². The van der Waals surface area contributed by atoms with Gasteiger partial charge in [0.05, 0.1) is 31.7 Å². The number of esters is 3. The van der Waals surface area contributed by atoms with Gasteiger partial charge in [0.2, 0.25) is 0 Å². The van der Waals surface area contributed by atoms with Gasteiger partial charge in [0.1, 0.15) is 18.6 Å². The molecule has 0 spiro atoms. The van der Waals surface area contributed by atoms with E-state index < -0.39 is 67.3 Å². The van der Waals surface area contributed by atoms with Gasteiger partial charge >= 0.3 is 30.2 Å². The average molecular weight is 627 g/mol. The average Bonchev–Trinajstić information content (AvgIpc) is 2.85. The third-order valence-corrected chi connectivity index (χ3v) is 6.21. The fraction of sp³-hybridized carbons (Fsp3) is 0.615. The molecule has 0 N–H and O–H groups in total. The van der Waals surface area contributed by atoms with E-state index in [1.165, 1.54) is 13.8 Å². The second kappa shape index (κ2) is 15.7. The molecule has 2 unspecified atom stereocenters. The van der Waals surface area contributed by atoms with Crippen LogP contribution in [0.4, 0.5) is 18.0 Å². The number of alkyl halides is 4. The van der Waals surface area contributed by atoms with E-state index in [9.17, 15) is 32.3 Å². The van der Waals surface area contributed by atoms with Crippen LogP contribution in [0.1, 0.15) is 57.3 Å². The minimum absolute atomic E-state index is 0.0110. The molecule has 0 fully saturated rings. The molecule has 2 atom stereocenters. The van der Waals surface area contributed by atoms with Crippen LogP contribution in [-0.4, -0.2) is 63.3 Å². The number of benzene rings is 1. The van der Waals surface area contributed by atoms with E-state index in [1.54, 1.807) is 13.8 Å². The standard InChI is InChI=1S/C26H34BrF3O9/c1-18(31)35-12-8-13-37-23(34)39-17-25(4,22(33)36-14-11-26(28,29)30)16-38-21(32)24(2,3)15-20(27)19-9-6-5-7-10-19/h5-7,9-10,20H,8,11-17H2,1-4H3. The fourth-order valence-corrected chi connectivity index (χ4v) is 4.13. The molecule has 0 radical (unpaired) electrons. The van der Waals surface area contributed by atoms with Crippen LogP contribution in [0.15, 0.2) is 30.3 Å². The number of carbonyl (C=O) groups excluding carboxylic acids is 4. The van der Waals surface area contributed by atoms with E-state index in [1.807, 2.05) is 30.3 Å². The number of ether oxygens (including phenoxy) is 5. The van der Waals surface area contributed by atoms with Crippen molar-refractivity contribution in [3.63, 3.8) is 0 Å². The topological polar surface area (TPSA) is 114 Å². The molecule has 0 aliphatic carbocycles. The highest BCUT2D eigenvalue weighted by Crippen LogP contribution is 2.37.